The van der Waals surface area contributed by atoms with Gasteiger partial charge in [0, 0.05) is 5.02 Å². The van der Waals surface area contributed by atoms with Gasteiger partial charge in [0.15, 0.2) is 6.10 Å². The third kappa shape index (κ3) is 3.44. The Kier molecular flexibility index (Phi) is 4.71. The van der Waals surface area contributed by atoms with Gasteiger partial charge in [0.2, 0.25) is 0 Å². The molecule has 1 atom stereocenters. The van der Waals surface area contributed by atoms with Crippen LogP contribution in [0.1, 0.15) is 20.8 Å². The molecule has 0 bridgehead atoms. The molecule has 0 saturated carbocycles. The lowest BCUT2D eigenvalue weighted by molar-refractivity contribution is -0.169. The Morgan fingerprint density at radius 2 is 1.95 bits per heavy atom. The van der Waals surface area contributed by atoms with Gasteiger partial charge in [-0.1, -0.05) is 37.0 Å². The van der Waals surface area contributed by atoms with E-state index in [1.807, 2.05) is 13.8 Å². The van der Waals surface area contributed by atoms with Crippen LogP contribution >= 0.6 is 23.2 Å². The number of halogens is 2. The summed E-state index contributed by atoms with van der Waals surface area (Å²) in [4.78, 5) is 13.8. The molecule has 2 rings (SSSR count). The van der Waals surface area contributed by atoms with Crippen molar-refractivity contribution in [3.63, 3.8) is 0 Å². The first-order valence-electron chi connectivity index (χ1n) is 6.86. The van der Waals surface area contributed by atoms with Gasteiger partial charge in [-0.15, -0.1) is 0 Å². The first-order valence-corrected chi connectivity index (χ1v) is 7.61. The summed E-state index contributed by atoms with van der Waals surface area (Å²) in [5.74, 6) is 0.372. The van der Waals surface area contributed by atoms with Gasteiger partial charge in [0.25, 0.3) is 5.91 Å². The molecule has 116 valence electrons. The highest BCUT2D eigenvalue weighted by atomic mass is 35.5. The van der Waals surface area contributed by atoms with Gasteiger partial charge in [-0.05, 0) is 31.0 Å². The van der Waals surface area contributed by atoms with Crippen LogP contribution in [0.3, 0.4) is 0 Å². The van der Waals surface area contributed by atoms with Gasteiger partial charge in [0.05, 0.1) is 18.1 Å². The number of likely N-dealkylation sites (tertiary alicyclic amines) is 1. The quantitative estimate of drug-likeness (QED) is 0.922. The van der Waals surface area contributed by atoms with E-state index in [9.17, 15) is 9.90 Å². The summed E-state index contributed by atoms with van der Waals surface area (Å²) >= 11 is 11.8. The molecule has 0 radical (unpaired) electrons. The number of β-amino-alcohol motifs (C(OH)–C–C–N with tert-alkyl or cyclic N) is 1. The van der Waals surface area contributed by atoms with E-state index in [-0.39, 0.29) is 11.8 Å². The molecule has 1 saturated heterocycles. The number of rotatable bonds is 4. The van der Waals surface area contributed by atoms with Crippen molar-refractivity contribution >= 4 is 29.1 Å². The minimum Gasteiger partial charge on any atom is -0.479 e. The van der Waals surface area contributed by atoms with Crippen molar-refractivity contribution in [2.45, 2.75) is 32.5 Å². The van der Waals surface area contributed by atoms with Crippen LogP contribution in [-0.4, -0.2) is 40.7 Å². The molecule has 1 unspecified atom stereocenters. The zero-order valence-corrected chi connectivity index (χ0v) is 13.8. The van der Waals surface area contributed by atoms with Crippen LogP contribution in [-0.2, 0) is 4.79 Å². The van der Waals surface area contributed by atoms with Crippen LogP contribution in [0.5, 0.6) is 5.75 Å². The van der Waals surface area contributed by atoms with Crippen molar-refractivity contribution in [2.24, 2.45) is 5.92 Å². The van der Waals surface area contributed by atoms with E-state index >= 15 is 0 Å². The fraction of sp³-hybridized carbons (Fsp3) is 0.533. The number of carbonyl (C=O) groups excluding carboxylic acids is 1. The molecule has 1 aliphatic heterocycles. The normalized spacial score (nSPS) is 18.3. The molecule has 1 aliphatic rings. The van der Waals surface area contributed by atoms with Crippen LogP contribution in [0, 0.1) is 5.92 Å². The SMILES string of the molecule is CC(Oc1ccc(Cl)cc1Cl)C(=O)N1CC(O)(C(C)C)C1. The Morgan fingerprint density at radius 1 is 1.33 bits per heavy atom. The molecule has 1 heterocycles. The van der Waals surface area contributed by atoms with E-state index in [4.69, 9.17) is 27.9 Å². The van der Waals surface area contributed by atoms with Gasteiger partial charge in [-0.3, -0.25) is 4.79 Å². The average Bonchev–Trinajstić information content (AvgIpc) is 2.37. The van der Waals surface area contributed by atoms with Gasteiger partial charge in [-0.25, -0.2) is 0 Å². The van der Waals surface area contributed by atoms with Crippen molar-refractivity contribution < 1.29 is 14.6 Å². The second kappa shape index (κ2) is 6.03. The number of benzene rings is 1. The Balaban J connectivity index is 1.95. The standard InChI is InChI=1S/C15H19Cl2NO3/c1-9(2)15(20)7-18(8-15)14(19)10(3)21-13-5-4-11(16)6-12(13)17/h4-6,9-10,20H,7-8H2,1-3H3. The summed E-state index contributed by atoms with van der Waals surface area (Å²) in [6.07, 6.45) is -0.666. The molecule has 0 aliphatic carbocycles. The van der Waals surface area contributed by atoms with Crippen LogP contribution in [0.2, 0.25) is 10.0 Å². The van der Waals surface area contributed by atoms with Gasteiger partial charge in [-0.2, -0.15) is 0 Å². The maximum absolute atomic E-state index is 12.2. The zero-order valence-electron chi connectivity index (χ0n) is 12.3. The average molecular weight is 332 g/mol. The lowest BCUT2D eigenvalue weighted by Crippen LogP contribution is -2.67. The van der Waals surface area contributed by atoms with Crippen molar-refractivity contribution in [1.82, 2.24) is 4.90 Å². The summed E-state index contributed by atoms with van der Waals surface area (Å²) in [5.41, 5.74) is -0.784. The van der Waals surface area contributed by atoms with E-state index in [1.54, 1.807) is 30.0 Å². The summed E-state index contributed by atoms with van der Waals surface area (Å²) in [5, 5.41) is 11.1. The molecule has 6 heteroatoms. The fourth-order valence-corrected chi connectivity index (χ4v) is 2.66. The summed E-state index contributed by atoms with van der Waals surface area (Å²) in [6.45, 7) is 6.22. The molecule has 1 fully saturated rings. The highest BCUT2D eigenvalue weighted by molar-refractivity contribution is 6.35. The second-order valence-electron chi connectivity index (χ2n) is 5.79. The molecule has 21 heavy (non-hydrogen) atoms. The number of carbonyl (C=O) groups is 1. The maximum atomic E-state index is 12.2. The first kappa shape index (κ1) is 16.4. The third-order valence-electron chi connectivity index (χ3n) is 3.86. The minimum absolute atomic E-state index is 0.114. The Labute approximate surface area is 134 Å². The smallest absolute Gasteiger partial charge is 0.263 e. The summed E-state index contributed by atoms with van der Waals surface area (Å²) < 4.78 is 5.58. The topological polar surface area (TPSA) is 49.8 Å². The van der Waals surface area contributed by atoms with Crippen molar-refractivity contribution in [3.8, 4) is 5.75 Å². The van der Waals surface area contributed by atoms with Crippen LogP contribution in [0.15, 0.2) is 18.2 Å². The lowest BCUT2D eigenvalue weighted by atomic mass is 9.83. The van der Waals surface area contributed by atoms with Crippen LogP contribution in [0.4, 0.5) is 0 Å². The van der Waals surface area contributed by atoms with E-state index < -0.39 is 11.7 Å². The number of hydrogen-bond acceptors (Lipinski definition) is 3. The fourth-order valence-electron chi connectivity index (χ4n) is 2.20. The molecule has 1 aromatic carbocycles. The Hall–Kier alpha value is -0.970. The monoisotopic (exact) mass is 331 g/mol. The molecule has 1 N–H and O–H groups in total. The van der Waals surface area contributed by atoms with Gasteiger partial charge < -0.3 is 14.7 Å². The highest BCUT2D eigenvalue weighted by Crippen LogP contribution is 2.31. The minimum atomic E-state index is -0.784. The lowest BCUT2D eigenvalue weighted by Gasteiger charge is -2.49. The predicted octanol–water partition coefficient (Wildman–Crippen LogP) is 2.99. The molecule has 0 spiro atoms. The highest BCUT2D eigenvalue weighted by Gasteiger charge is 2.46. The van der Waals surface area contributed by atoms with E-state index in [1.165, 1.54) is 0 Å². The summed E-state index contributed by atoms with van der Waals surface area (Å²) in [7, 11) is 0. The largest absolute Gasteiger partial charge is 0.479 e. The van der Waals surface area contributed by atoms with E-state index in [2.05, 4.69) is 0 Å². The van der Waals surface area contributed by atoms with Crippen molar-refractivity contribution in [2.75, 3.05) is 13.1 Å². The summed E-state index contributed by atoms with van der Waals surface area (Å²) in [6, 6.07) is 4.85. The first-order chi connectivity index (χ1) is 9.73. The molecular weight excluding hydrogens is 313 g/mol. The number of ether oxygens (including phenoxy) is 1. The Bertz CT molecular complexity index is 542. The number of aliphatic hydroxyl groups is 1. The van der Waals surface area contributed by atoms with Gasteiger partial charge >= 0.3 is 0 Å². The number of nitrogens with zero attached hydrogens (tertiary/aromatic N) is 1. The van der Waals surface area contributed by atoms with Crippen molar-refractivity contribution in [3.05, 3.63) is 28.2 Å². The third-order valence-corrected chi connectivity index (χ3v) is 4.39. The molecular formula is C15H19Cl2NO3. The predicted molar refractivity (Wildman–Crippen MR) is 82.9 cm³/mol. The zero-order chi connectivity index (χ0) is 15.8. The van der Waals surface area contributed by atoms with E-state index in [0.29, 0.717) is 28.9 Å². The molecule has 4 nitrogen and oxygen atoms in total. The molecule has 1 aromatic rings. The second-order valence-corrected chi connectivity index (χ2v) is 6.63. The molecule has 1 amide bonds. The maximum Gasteiger partial charge on any atom is 0.263 e. The van der Waals surface area contributed by atoms with Crippen LogP contribution in [0.25, 0.3) is 0 Å². The molecule has 0 aromatic heterocycles. The van der Waals surface area contributed by atoms with Crippen LogP contribution < -0.4 is 4.74 Å². The van der Waals surface area contributed by atoms with Gasteiger partial charge in [0.1, 0.15) is 11.4 Å². The Morgan fingerprint density at radius 3 is 2.48 bits per heavy atom. The number of hydrogen-bond donors (Lipinski definition) is 1. The number of amides is 1. The van der Waals surface area contributed by atoms with E-state index in [0.717, 1.165) is 0 Å². The van der Waals surface area contributed by atoms with Crippen molar-refractivity contribution in [1.29, 1.82) is 0 Å².